The summed E-state index contributed by atoms with van der Waals surface area (Å²) in [6.07, 6.45) is 1.73. The van der Waals surface area contributed by atoms with Crippen LogP contribution in [0.2, 0.25) is 0 Å². The maximum Gasteiger partial charge on any atom is 0.387 e. The van der Waals surface area contributed by atoms with Gasteiger partial charge in [0.1, 0.15) is 18.1 Å². The highest BCUT2D eigenvalue weighted by molar-refractivity contribution is 14.0. The summed E-state index contributed by atoms with van der Waals surface area (Å²) in [5, 5.41) is 6.29. The van der Waals surface area contributed by atoms with Gasteiger partial charge in [-0.15, -0.1) is 24.0 Å². The van der Waals surface area contributed by atoms with Crippen molar-refractivity contribution in [2.24, 2.45) is 4.99 Å². The number of nitrogens with one attached hydrogen (secondary N) is 2. The number of guanidine groups is 1. The van der Waals surface area contributed by atoms with Gasteiger partial charge in [-0.1, -0.05) is 36.4 Å². The molecule has 0 radical (unpaired) electrons. The van der Waals surface area contributed by atoms with E-state index in [0.29, 0.717) is 31.2 Å². The number of halogens is 3. The molecule has 2 N–H and O–H groups in total. The highest BCUT2D eigenvalue weighted by atomic mass is 127. The molecule has 0 atom stereocenters. The second kappa shape index (κ2) is 13.5. The summed E-state index contributed by atoms with van der Waals surface area (Å²) in [5.41, 5.74) is 2.51. The zero-order chi connectivity index (χ0) is 21.9. The smallest absolute Gasteiger partial charge is 0.387 e. The molecule has 0 aliphatic heterocycles. The second-order valence-electron chi connectivity index (χ2n) is 6.52. The molecule has 32 heavy (non-hydrogen) atoms. The molecule has 170 valence electrons. The van der Waals surface area contributed by atoms with E-state index >= 15 is 0 Å². The quantitative estimate of drug-likeness (QED) is 0.227. The predicted octanol–water partition coefficient (Wildman–Crippen LogP) is 4.75. The molecule has 0 fully saturated rings. The maximum absolute atomic E-state index is 12.5. The fraction of sp³-hybridized carbons (Fsp3) is 0.217. The minimum absolute atomic E-state index is 0. The third kappa shape index (κ3) is 8.29. The molecule has 2 aromatic carbocycles. The van der Waals surface area contributed by atoms with Gasteiger partial charge in [0.05, 0.1) is 5.69 Å². The second-order valence-corrected chi connectivity index (χ2v) is 6.52. The molecule has 6 nitrogen and oxygen atoms in total. The number of alkyl halides is 2. The summed E-state index contributed by atoms with van der Waals surface area (Å²) >= 11 is 0. The zero-order valence-corrected chi connectivity index (χ0v) is 19.8. The van der Waals surface area contributed by atoms with E-state index in [1.165, 1.54) is 6.07 Å². The van der Waals surface area contributed by atoms with E-state index in [1.807, 2.05) is 42.5 Å². The molecule has 1 heterocycles. The number of hydrogen-bond acceptors (Lipinski definition) is 4. The van der Waals surface area contributed by atoms with Crippen molar-refractivity contribution >= 4 is 29.9 Å². The van der Waals surface area contributed by atoms with Crippen molar-refractivity contribution in [3.05, 3.63) is 89.7 Å². The monoisotopic (exact) mass is 554 g/mol. The van der Waals surface area contributed by atoms with Crippen LogP contribution in [0.4, 0.5) is 8.78 Å². The van der Waals surface area contributed by atoms with Crippen LogP contribution in [0.3, 0.4) is 0 Å². The first kappa shape index (κ1) is 25.3. The summed E-state index contributed by atoms with van der Waals surface area (Å²) in [5.74, 6) is 1.44. The Kier molecular flexibility index (Phi) is 10.6. The van der Waals surface area contributed by atoms with Crippen LogP contribution in [-0.4, -0.2) is 24.6 Å². The largest absolute Gasteiger partial charge is 0.487 e. The maximum atomic E-state index is 12.5. The van der Waals surface area contributed by atoms with Crippen LogP contribution in [-0.2, 0) is 19.7 Å². The van der Waals surface area contributed by atoms with E-state index in [2.05, 4.69) is 25.3 Å². The molecule has 0 bridgehead atoms. The topological polar surface area (TPSA) is 67.8 Å². The van der Waals surface area contributed by atoms with Gasteiger partial charge in [0, 0.05) is 31.9 Å². The highest BCUT2D eigenvalue weighted by Gasteiger charge is 2.09. The Morgan fingerprint density at radius 1 is 0.969 bits per heavy atom. The molecule has 0 unspecified atom stereocenters. The molecular formula is C23H25F2IN4O2. The number of ether oxygens (including phenoxy) is 2. The number of benzene rings is 2. The molecule has 3 aromatic rings. The van der Waals surface area contributed by atoms with Crippen molar-refractivity contribution in [1.29, 1.82) is 0 Å². The van der Waals surface area contributed by atoms with Gasteiger partial charge < -0.3 is 20.1 Å². The molecule has 3 rings (SSSR count). The van der Waals surface area contributed by atoms with Gasteiger partial charge in [0.15, 0.2) is 5.96 Å². The third-order valence-corrected chi connectivity index (χ3v) is 4.35. The summed E-state index contributed by atoms with van der Waals surface area (Å²) in [6, 6.07) is 20.1. The van der Waals surface area contributed by atoms with Crippen LogP contribution < -0.4 is 20.1 Å². The Bertz CT molecular complexity index is 973. The van der Waals surface area contributed by atoms with E-state index in [1.54, 1.807) is 31.4 Å². The lowest BCUT2D eigenvalue weighted by Gasteiger charge is -2.14. The Morgan fingerprint density at radius 3 is 2.38 bits per heavy atom. The van der Waals surface area contributed by atoms with Gasteiger partial charge in [-0.25, -0.2) is 0 Å². The number of aliphatic imine (C=N–C) groups is 1. The lowest BCUT2D eigenvalue weighted by atomic mass is 10.2. The van der Waals surface area contributed by atoms with Crippen LogP contribution >= 0.6 is 24.0 Å². The van der Waals surface area contributed by atoms with Crippen molar-refractivity contribution in [1.82, 2.24) is 15.6 Å². The number of para-hydroxylation sites is 1. The minimum atomic E-state index is -2.87. The standard InChI is InChI=1S/C23H24F2N4O2.HI/c1-26-23(29-15-18-6-2-3-8-21(18)31-22(24)25)28-14-17-9-11-20(12-10-17)30-16-19-7-4-5-13-27-19;/h2-13,22H,14-16H2,1H3,(H2,26,28,29);1H. The molecule has 9 heteroatoms. The van der Waals surface area contributed by atoms with Gasteiger partial charge in [0.25, 0.3) is 0 Å². The summed E-state index contributed by atoms with van der Waals surface area (Å²) in [7, 11) is 1.64. The van der Waals surface area contributed by atoms with Crippen molar-refractivity contribution in [3.63, 3.8) is 0 Å². The number of rotatable bonds is 9. The van der Waals surface area contributed by atoms with Crippen LogP contribution in [0.15, 0.2) is 77.9 Å². The van der Waals surface area contributed by atoms with Crippen LogP contribution in [0.1, 0.15) is 16.8 Å². The summed E-state index contributed by atoms with van der Waals surface area (Å²) in [6.45, 7) is -1.63. The lowest BCUT2D eigenvalue weighted by Crippen LogP contribution is -2.36. The Balaban J connectivity index is 0.00000363. The molecular weight excluding hydrogens is 529 g/mol. The van der Waals surface area contributed by atoms with Gasteiger partial charge in [-0.05, 0) is 35.9 Å². The van der Waals surface area contributed by atoms with Crippen LogP contribution in [0.25, 0.3) is 0 Å². The number of nitrogens with zero attached hydrogens (tertiary/aromatic N) is 2. The zero-order valence-electron chi connectivity index (χ0n) is 17.5. The third-order valence-electron chi connectivity index (χ3n) is 4.35. The van der Waals surface area contributed by atoms with Gasteiger partial charge in [-0.3, -0.25) is 9.98 Å². The molecule has 0 amide bonds. The average Bonchev–Trinajstić information content (AvgIpc) is 2.80. The SMILES string of the molecule is CN=C(NCc1ccc(OCc2ccccn2)cc1)NCc1ccccc1OC(F)F.I. The number of pyridine rings is 1. The van der Waals surface area contributed by atoms with E-state index < -0.39 is 6.61 Å². The summed E-state index contributed by atoms with van der Waals surface area (Å²) in [4.78, 5) is 8.39. The average molecular weight is 554 g/mol. The number of aromatic nitrogens is 1. The summed E-state index contributed by atoms with van der Waals surface area (Å²) < 4.78 is 35.4. The van der Waals surface area contributed by atoms with Crippen LogP contribution in [0, 0.1) is 0 Å². The first-order chi connectivity index (χ1) is 15.1. The van der Waals surface area contributed by atoms with E-state index in [-0.39, 0.29) is 29.7 Å². The highest BCUT2D eigenvalue weighted by Crippen LogP contribution is 2.20. The fourth-order valence-electron chi connectivity index (χ4n) is 2.79. The van der Waals surface area contributed by atoms with Crippen molar-refractivity contribution < 1.29 is 18.3 Å². The lowest BCUT2D eigenvalue weighted by molar-refractivity contribution is -0.0504. The van der Waals surface area contributed by atoms with Gasteiger partial charge in [-0.2, -0.15) is 8.78 Å². The Labute approximate surface area is 203 Å². The Hall–Kier alpha value is -2.95. The molecule has 0 spiro atoms. The predicted molar refractivity (Wildman–Crippen MR) is 131 cm³/mol. The minimum Gasteiger partial charge on any atom is -0.487 e. The van der Waals surface area contributed by atoms with Gasteiger partial charge >= 0.3 is 6.61 Å². The molecule has 1 aromatic heterocycles. The van der Waals surface area contributed by atoms with Crippen molar-refractivity contribution in [2.45, 2.75) is 26.3 Å². The Morgan fingerprint density at radius 2 is 1.69 bits per heavy atom. The molecule has 0 aliphatic rings. The van der Waals surface area contributed by atoms with Crippen molar-refractivity contribution in [3.8, 4) is 11.5 Å². The van der Waals surface area contributed by atoms with Crippen LogP contribution in [0.5, 0.6) is 11.5 Å². The molecule has 0 aliphatic carbocycles. The first-order valence-electron chi connectivity index (χ1n) is 9.73. The molecule has 0 saturated heterocycles. The fourth-order valence-corrected chi connectivity index (χ4v) is 2.79. The van der Waals surface area contributed by atoms with E-state index in [9.17, 15) is 8.78 Å². The van der Waals surface area contributed by atoms with E-state index in [4.69, 9.17) is 4.74 Å². The van der Waals surface area contributed by atoms with E-state index in [0.717, 1.165) is 17.0 Å². The number of hydrogen-bond donors (Lipinski definition) is 2. The first-order valence-corrected chi connectivity index (χ1v) is 9.73. The normalized spacial score (nSPS) is 10.9. The van der Waals surface area contributed by atoms with Crippen molar-refractivity contribution in [2.75, 3.05) is 7.05 Å². The van der Waals surface area contributed by atoms with Gasteiger partial charge in [0.2, 0.25) is 0 Å². The molecule has 0 saturated carbocycles.